The molecule has 40 heavy (non-hydrogen) atoms. The van der Waals surface area contributed by atoms with Crippen LogP contribution in [-0.4, -0.2) is 41.4 Å². The molecule has 204 valence electrons. The van der Waals surface area contributed by atoms with Gasteiger partial charge in [-0.15, -0.1) is 6.42 Å². The summed E-state index contributed by atoms with van der Waals surface area (Å²) in [6, 6.07) is 10.8. The molecule has 2 saturated heterocycles. The lowest BCUT2D eigenvalue weighted by Gasteiger charge is -2.38. The molecule has 1 saturated carbocycles. The lowest BCUT2D eigenvalue weighted by Crippen LogP contribution is -2.45. The highest BCUT2D eigenvalue weighted by Gasteiger charge is 2.43. The monoisotopic (exact) mass is 557 g/mol. The van der Waals surface area contributed by atoms with Gasteiger partial charge < -0.3 is 18.9 Å². The predicted octanol–water partition coefficient (Wildman–Crippen LogP) is 6.45. The molecule has 0 N–H and O–H groups in total. The van der Waals surface area contributed by atoms with Gasteiger partial charge in [0.15, 0.2) is 5.13 Å². The van der Waals surface area contributed by atoms with Crippen LogP contribution in [0.25, 0.3) is 21.5 Å². The van der Waals surface area contributed by atoms with E-state index in [0.717, 1.165) is 65.2 Å². The van der Waals surface area contributed by atoms with Crippen molar-refractivity contribution in [3.8, 4) is 23.6 Å². The average molecular weight is 558 g/mol. The third-order valence-corrected chi connectivity index (χ3v) is 9.35. The minimum atomic E-state index is -0.415. The molecule has 9 heteroatoms. The standard InChI is InChI=1S/C31H28FN3O4S/c1-3-17-12-19(30(36)37-2)13-26-27(17)33-31(40-26)35-20-10-11-21(35)15-22(14-20)38-16-24-28(23-6-4-5-7-25(23)32)34-39-29(24)18-8-9-18/h1,4-7,12-13,18,20-22H,8-11,14-16H2,2H3/t20-,21+,22?. The van der Waals surface area contributed by atoms with E-state index in [-0.39, 0.29) is 11.9 Å². The molecule has 2 aromatic carbocycles. The number of esters is 1. The topological polar surface area (TPSA) is 77.7 Å². The van der Waals surface area contributed by atoms with Crippen molar-refractivity contribution in [2.45, 2.75) is 69.2 Å². The van der Waals surface area contributed by atoms with Crippen LogP contribution in [0.2, 0.25) is 0 Å². The van der Waals surface area contributed by atoms with Gasteiger partial charge in [-0.3, -0.25) is 0 Å². The zero-order valence-corrected chi connectivity index (χ0v) is 22.9. The molecular weight excluding hydrogens is 529 g/mol. The summed E-state index contributed by atoms with van der Waals surface area (Å²) in [5.41, 5.74) is 3.64. The fraction of sp³-hybridized carbons (Fsp3) is 0.387. The van der Waals surface area contributed by atoms with E-state index in [9.17, 15) is 9.18 Å². The third-order valence-electron chi connectivity index (χ3n) is 8.33. The first-order valence-electron chi connectivity index (χ1n) is 13.7. The molecule has 2 aromatic heterocycles. The number of terminal acetylenes is 1. The number of hydrogen-bond donors (Lipinski definition) is 0. The van der Waals surface area contributed by atoms with Crippen molar-refractivity contribution in [2.75, 3.05) is 12.0 Å². The molecule has 0 spiro atoms. The number of aromatic nitrogens is 2. The van der Waals surface area contributed by atoms with Gasteiger partial charge in [0.2, 0.25) is 0 Å². The summed E-state index contributed by atoms with van der Waals surface area (Å²) in [5.74, 6) is 3.13. The molecule has 3 atom stereocenters. The SMILES string of the molecule is C#Cc1cc(C(=O)OC)cc2sc(N3[C@@H]4CC[C@H]3CC(OCc3c(-c5ccccc5F)noc3C3CC3)C4)nc12. The number of hydrogen-bond acceptors (Lipinski definition) is 8. The summed E-state index contributed by atoms with van der Waals surface area (Å²) < 4.78 is 32.6. The maximum Gasteiger partial charge on any atom is 0.337 e. The van der Waals surface area contributed by atoms with Crippen LogP contribution in [0, 0.1) is 18.2 Å². The lowest BCUT2D eigenvalue weighted by atomic mass is 10.00. The molecule has 7 nitrogen and oxygen atoms in total. The Bertz CT molecular complexity index is 1640. The van der Waals surface area contributed by atoms with Gasteiger partial charge in [0.1, 0.15) is 17.3 Å². The summed E-state index contributed by atoms with van der Waals surface area (Å²) in [7, 11) is 1.36. The number of carbonyl (C=O) groups is 1. The zero-order chi connectivity index (χ0) is 27.4. The van der Waals surface area contributed by atoms with Gasteiger partial charge in [-0.1, -0.05) is 34.5 Å². The highest BCUT2D eigenvalue weighted by molar-refractivity contribution is 7.22. The van der Waals surface area contributed by atoms with Crippen molar-refractivity contribution in [3.63, 3.8) is 0 Å². The third kappa shape index (κ3) is 4.36. The van der Waals surface area contributed by atoms with Crippen molar-refractivity contribution in [1.29, 1.82) is 0 Å². The van der Waals surface area contributed by atoms with Crippen LogP contribution in [0.1, 0.15) is 71.7 Å². The van der Waals surface area contributed by atoms with Crippen LogP contribution in [0.5, 0.6) is 0 Å². The van der Waals surface area contributed by atoms with E-state index in [1.54, 1.807) is 29.5 Å². The second-order valence-corrected chi connectivity index (χ2v) is 11.8. The summed E-state index contributed by atoms with van der Waals surface area (Å²) in [6.45, 7) is 0.353. The van der Waals surface area contributed by atoms with Gasteiger partial charge in [-0.05, 0) is 62.8 Å². The van der Waals surface area contributed by atoms with Crippen molar-refractivity contribution in [2.24, 2.45) is 0 Å². The van der Waals surface area contributed by atoms with Crippen molar-refractivity contribution >= 4 is 32.7 Å². The van der Waals surface area contributed by atoms with E-state index >= 15 is 0 Å². The fourth-order valence-corrected chi connectivity index (χ4v) is 7.42. The molecule has 3 fully saturated rings. The van der Waals surface area contributed by atoms with Crippen molar-refractivity contribution < 1.29 is 23.2 Å². The highest BCUT2D eigenvalue weighted by atomic mass is 32.1. The first-order chi connectivity index (χ1) is 19.5. The van der Waals surface area contributed by atoms with Gasteiger partial charge in [0.05, 0.1) is 41.2 Å². The van der Waals surface area contributed by atoms with E-state index < -0.39 is 5.97 Å². The Morgan fingerprint density at radius 2 is 1.98 bits per heavy atom. The van der Waals surface area contributed by atoms with Crippen molar-refractivity contribution in [3.05, 3.63) is 64.7 Å². The number of piperidine rings is 1. The Balaban J connectivity index is 1.11. The summed E-state index contributed by atoms with van der Waals surface area (Å²) in [5, 5.41) is 5.20. The summed E-state index contributed by atoms with van der Waals surface area (Å²) in [4.78, 5) is 19.5. The number of halogens is 1. The second kappa shape index (κ2) is 10.0. The van der Waals surface area contributed by atoms with Gasteiger partial charge >= 0.3 is 5.97 Å². The van der Waals surface area contributed by atoms with E-state index in [1.165, 1.54) is 13.2 Å². The smallest absolute Gasteiger partial charge is 0.337 e. The van der Waals surface area contributed by atoms with Gasteiger partial charge in [-0.2, -0.15) is 0 Å². The van der Waals surface area contributed by atoms with Crippen LogP contribution in [0.3, 0.4) is 0 Å². The quantitative estimate of drug-likeness (QED) is 0.191. The molecule has 2 aliphatic heterocycles. The second-order valence-electron chi connectivity index (χ2n) is 10.8. The summed E-state index contributed by atoms with van der Waals surface area (Å²) in [6.07, 6.45) is 11.8. The Morgan fingerprint density at radius 3 is 2.67 bits per heavy atom. The first kappa shape index (κ1) is 25.2. The highest BCUT2D eigenvalue weighted by Crippen LogP contribution is 2.46. The van der Waals surface area contributed by atoms with Crippen LogP contribution in [-0.2, 0) is 16.1 Å². The number of carbonyl (C=O) groups excluding carboxylic acids is 1. The number of ether oxygens (including phenoxy) is 2. The number of thiazole rings is 1. The fourth-order valence-electron chi connectivity index (χ4n) is 6.24. The Morgan fingerprint density at radius 1 is 1.20 bits per heavy atom. The van der Waals surface area contributed by atoms with Crippen LogP contribution in [0.4, 0.5) is 9.52 Å². The van der Waals surface area contributed by atoms with Crippen molar-refractivity contribution in [1.82, 2.24) is 10.1 Å². The Kier molecular flexibility index (Phi) is 6.32. The molecule has 1 aliphatic carbocycles. The normalized spacial score (nSPS) is 22.0. The number of methoxy groups -OCH3 is 1. The maximum atomic E-state index is 14.6. The molecule has 1 unspecified atom stereocenters. The number of fused-ring (bicyclic) bond motifs is 3. The van der Waals surface area contributed by atoms with Crippen LogP contribution < -0.4 is 4.90 Å². The molecule has 4 aromatic rings. The maximum absolute atomic E-state index is 14.6. The molecule has 3 aliphatic rings. The number of benzene rings is 2. The Labute approximate surface area is 235 Å². The van der Waals surface area contributed by atoms with Gasteiger partial charge in [-0.25, -0.2) is 14.2 Å². The van der Waals surface area contributed by atoms with Gasteiger partial charge in [0.25, 0.3) is 0 Å². The largest absolute Gasteiger partial charge is 0.465 e. The zero-order valence-electron chi connectivity index (χ0n) is 22.1. The molecule has 7 rings (SSSR count). The van der Waals surface area contributed by atoms with Crippen LogP contribution >= 0.6 is 11.3 Å². The lowest BCUT2D eigenvalue weighted by molar-refractivity contribution is 0.0147. The van der Waals surface area contributed by atoms with E-state index in [2.05, 4.69) is 16.0 Å². The minimum Gasteiger partial charge on any atom is -0.465 e. The predicted molar refractivity (Wildman–Crippen MR) is 150 cm³/mol. The Hall–Kier alpha value is -3.74. The summed E-state index contributed by atoms with van der Waals surface area (Å²) >= 11 is 1.56. The molecule has 4 heterocycles. The average Bonchev–Trinajstić information content (AvgIpc) is 3.49. The number of anilines is 1. The molecule has 2 bridgehead atoms. The van der Waals surface area contributed by atoms with E-state index in [4.69, 9.17) is 25.4 Å². The molecule has 0 amide bonds. The number of rotatable bonds is 7. The minimum absolute atomic E-state index is 0.0748. The molecular formula is C31H28FN3O4S. The first-order valence-corrected chi connectivity index (χ1v) is 14.5. The molecule has 0 radical (unpaired) electrons. The van der Waals surface area contributed by atoms with E-state index in [1.807, 2.05) is 12.1 Å². The van der Waals surface area contributed by atoms with Gasteiger partial charge in [0, 0.05) is 29.1 Å². The number of nitrogens with zero attached hydrogens (tertiary/aromatic N) is 3. The van der Waals surface area contributed by atoms with Crippen LogP contribution in [0.15, 0.2) is 40.9 Å². The van der Waals surface area contributed by atoms with E-state index in [0.29, 0.717) is 47.0 Å².